The SMILES string of the molecule is CC(C)OC(=O)Nc1ccc(-c2c(N)c3ccc(OCCc4nccn4C)cc3n2CC2CC2)cc1. The summed E-state index contributed by atoms with van der Waals surface area (Å²) in [7, 11) is 1.99. The van der Waals surface area contributed by atoms with Crippen molar-refractivity contribution in [2.45, 2.75) is 45.8 Å². The molecule has 0 bridgehead atoms. The van der Waals surface area contributed by atoms with E-state index in [-0.39, 0.29) is 6.10 Å². The molecule has 0 radical (unpaired) electrons. The van der Waals surface area contributed by atoms with Crippen LogP contribution in [0.2, 0.25) is 0 Å². The van der Waals surface area contributed by atoms with Gasteiger partial charge in [-0.05, 0) is 56.9 Å². The number of nitrogens with two attached hydrogens (primary N) is 1. The number of aryl methyl sites for hydroxylation is 1. The van der Waals surface area contributed by atoms with Gasteiger partial charge in [0.25, 0.3) is 0 Å². The highest BCUT2D eigenvalue weighted by molar-refractivity contribution is 6.01. The zero-order valence-electron chi connectivity index (χ0n) is 21.0. The molecular formula is C28H33N5O3. The first kappa shape index (κ1) is 23.8. The topological polar surface area (TPSA) is 96.3 Å². The predicted molar refractivity (Wildman–Crippen MR) is 142 cm³/mol. The number of fused-ring (bicyclic) bond motifs is 1. The molecule has 5 rings (SSSR count). The average Bonchev–Trinajstić information content (AvgIpc) is 3.51. The maximum atomic E-state index is 11.9. The maximum absolute atomic E-state index is 11.9. The maximum Gasteiger partial charge on any atom is 0.411 e. The monoisotopic (exact) mass is 487 g/mol. The number of anilines is 2. The summed E-state index contributed by atoms with van der Waals surface area (Å²) in [6.07, 6.45) is 6.32. The number of imidazole rings is 1. The van der Waals surface area contributed by atoms with Gasteiger partial charge in [0.05, 0.1) is 29.6 Å². The molecule has 1 saturated carbocycles. The number of nitrogens with zero attached hydrogens (tertiary/aromatic N) is 3. The molecule has 0 aliphatic heterocycles. The number of aromatic nitrogens is 3. The summed E-state index contributed by atoms with van der Waals surface area (Å²) in [5, 5.41) is 3.79. The average molecular weight is 488 g/mol. The summed E-state index contributed by atoms with van der Waals surface area (Å²) in [5.74, 6) is 2.48. The molecule has 3 N–H and O–H groups in total. The minimum Gasteiger partial charge on any atom is -0.493 e. The van der Waals surface area contributed by atoms with Crippen LogP contribution in [0.5, 0.6) is 5.75 Å². The van der Waals surface area contributed by atoms with Crippen LogP contribution < -0.4 is 15.8 Å². The first-order chi connectivity index (χ1) is 17.4. The number of carbonyl (C=O) groups is 1. The van der Waals surface area contributed by atoms with Crippen molar-refractivity contribution < 1.29 is 14.3 Å². The van der Waals surface area contributed by atoms with E-state index >= 15 is 0 Å². The number of nitrogen functional groups attached to an aromatic ring is 1. The zero-order valence-corrected chi connectivity index (χ0v) is 21.0. The summed E-state index contributed by atoms with van der Waals surface area (Å²) in [6, 6.07) is 13.9. The Morgan fingerprint density at radius 3 is 2.64 bits per heavy atom. The van der Waals surface area contributed by atoms with Crippen LogP contribution in [-0.2, 0) is 24.8 Å². The Hall–Kier alpha value is -3.94. The molecule has 2 aromatic carbocycles. The summed E-state index contributed by atoms with van der Waals surface area (Å²) < 4.78 is 15.6. The zero-order chi connectivity index (χ0) is 25.2. The third-order valence-corrected chi connectivity index (χ3v) is 6.48. The fourth-order valence-electron chi connectivity index (χ4n) is 4.48. The van der Waals surface area contributed by atoms with Gasteiger partial charge in [0.1, 0.15) is 11.6 Å². The van der Waals surface area contributed by atoms with Crippen molar-refractivity contribution in [3.8, 4) is 17.0 Å². The number of amides is 1. The second-order valence-corrected chi connectivity index (χ2v) is 9.70. The minimum atomic E-state index is -0.462. The van der Waals surface area contributed by atoms with E-state index in [9.17, 15) is 4.79 Å². The Kier molecular flexibility index (Phi) is 6.59. The van der Waals surface area contributed by atoms with Crippen LogP contribution in [0.15, 0.2) is 54.9 Å². The number of ether oxygens (including phenoxy) is 2. The van der Waals surface area contributed by atoms with Gasteiger partial charge >= 0.3 is 6.09 Å². The number of nitrogens with one attached hydrogen (secondary N) is 1. The molecule has 1 fully saturated rings. The lowest BCUT2D eigenvalue weighted by Gasteiger charge is -2.13. The molecule has 36 heavy (non-hydrogen) atoms. The van der Waals surface area contributed by atoms with Gasteiger partial charge in [0.15, 0.2) is 0 Å². The van der Waals surface area contributed by atoms with Gasteiger partial charge < -0.3 is 24.3 Å². The minimum absolute atomic E-state index is 0.175. The third kappa shape index (κ3) is 5.17. The van der Waals surface area contributed by atoms with Crippen molar-refractivity contribution in [1.29, 1.82) is 0 Å². The molecule has 2 aromatic heterocycles. The number of hydrogen-bond donors (Lipinski definition) is 2. The summed E-state index contributed by atoms with van der Waals surface area (Å²) in [5.41, 5.74) is 11.2. The Balaban J connectivity index is 1.41. The largest absolute Gasteiger partial charge is 0.493 e. The lowest BCUT2D eigenvalue weighted by molar-refractivity contribution is 0.130. The Morgan fingerprint density at radius 1 is 1.19 bits per heavy atom. The number of rotatable bonds is 9. The third-order valence-electron chi connectivity index (χ3n) is 6.48. The fraction of sp³-hybridized carbons (Fsp3) is 0.357. The molecule has 0 atom stereocenters. The lowest BCUT2D eigenvalue weighted by atomic mass is 10.1. The van der Waals surface area contributed by atoms with Crippen LogP contribution in [0.1, 0.15) is 32.5 Å². The van der Waals surface area contributed by atoms with Gasteiger partial charge in [0.2, 0.25) is 0 Å². The van der Waals surface area contributed by atoms with Gasteiger partial charge in [-0.25, -0.2) is 9.78 Å². The second kappa shape index (κ2) is 9.97. The van der Waals surface area contributed by atoms with Crippen LogP contribution in [-0.4, -0.2) is 32.9 Å². The van der Waals surface area contributed by atoms with Crippen molar-refractivity contribution in [3.63, 3.8) is 0 Å². The van der Waals surface area contributed by atoms with Gasteiger partial charge in [-0.1, -0.05) is 12.1 Å². The molecule has 8 nitrogen and oxygen atoms in total. The molecule has 2 heterocycles. The summed E-state index contributed by atoms with van der Waals surface area (Å²) >= 11 is 0. The van der Waals surface area contributed by atoms with E-state index in [1.165, 1.54) is 12.8 Å². The van der Waals surface area contributed by atoms with Crippen LogP contribution in [0.25, 0.3) is 22.2 Å². The Morgan fingerprint density at radius 2 is 1.97 bits per heavy atom. The molecular weight excluding hydrogens is 454 g/mol. The molecule has 188 valence electrons. The van der Waals surface area contributed by atoms with Crippen molar-refractivity contribution in [1.82, 2.24) is 14.1 Å². The summed E-state index contributed by atoms with van der Waals surface area (Å²) in [6.45, 7) is 5.11. The van der Waals surface area contributed by atoms with E-state index in [0.29, 0.717) is 18.2 Å². The van der Waals surface area contributed by atoms with E-state index in [0.717, 1.165) is 52.4 Å². The molecule has 1 aliphatic carbocycles. The fourth-order valence-corrected chi connectivity index (χ4v) is 4.48. The Labute approximate surface area is 211 Å². The van der Waals surface area contributed by atoms with Crippen molar-refractivity contribution in [2.75, 3.05) is 17.7 Å². The van der Waals surface area contributed by atoms with Gasteiger partial charge in [-0.15, -0.1) is 0 Å². The lowest BCUT2D eigenvalue weighted by Crippen LogP contribution is -2.17. The van der Waals surface area contributed by atoms with Crippen molar-refractivity contribution in [2.24, 2.45) is 13.0 Å². The number of hydrogen-bond acceptors (Lipinski definition) is 5. The molecule has 8 heteroatoms. The Bertz CT molecular complexity index is 1370. The van der Waals surface area contributed by atoms with E-state index in [1.54, 1.807) is 6.20 Å². The predicted octanol–water partition coefficient (Wildman–Crippen LogP) is 5.61. The van der Waals surface area contributed by atoms with E-state index in [1.807, 2.05) is 68.1 Å². The molecule has 0 spiro atoms. The highest BCUT2D eigenvalue weighted by atomic mass is 16.6. The number of benzene rings is 2. The summed E-state index contributed by atoms with van der Waals surface area (Å²) in [4.78, 5) is 16.3. The first-order valence-electron chi connectivity index (χ1n) is 12.5. The standard InChI is InChI=1S/C28H33N5O3/c1-18(2)36-28(34)31-21-8-6-20(7-9-21)27-26(29)23-11-10-22(16-24(23)33(27)17-19-4-5-19)35-15-12-25-30-13-14-32(25)3/h6-11,13-14,16,18-19H,4-5,12,15,17,29H2,1-3H3,(H,31,34). The van der Waals surface area contributed by atoms with Crippen LogP contribution >= 0.6 is 0 Å². The molecule has 0 saturated heterocycles. The second-order valence-electron chi connectivity index (χ2n) is 9.70. The van der Waals surface area contributed by atoms with E-state index in [2.05, 4.69) is 20.9 Å². The van der Waals surface area contributed by atoms with Gasteiger partial charge in [-0.3, -0.25) is 5.32 Å². The molecule has 0 unspecified atom stereocenters. The smallest absolute Gasteiger partial charge is 0.411 e. The van der Waals surface area contributed by atoms with Gasteiger partial charge in [-0.2, -0.15) is 0 Å². The molecule has 1 aliphatic rings. The number of carbonyl (C=O) groups excluding carboxylic acids is 1. The highest BCUT2D eigenvalue weighted by Gasteiger charge is 2.26. The quantitative estimate of drug-likeness (QED) is 0.320. The first-order valence-corrected chi connectivity index (χ1v) is 12.5. The normalized spacial score (nSPS) is 13.3. The van der Waals surface area contributed by atoms with Crippen LogP contribution in [0.3, 0.4) is 0 Å². The van der Waals surface area contributed by atoms with Crippen LogP contribution in [0.4, 0.5) is 16.2 Å². The highest BCUT2D eigenvalue weighted by Crippen LogP contribution is 2.41. The van der Waals surface area contributed by atoms with Gasteiger partial charge in [0, 0.05) is 55.1 Å². The van der Waals surface area contributed by atoms with E-state index in [4.69, 9.17) is 15.2 Å². The van der Waals surface area contributed by atoms with Crippen molar-refractivity contribution in [3.05, 3.63) is 60.7 Å². The molecule has 4 aromatic rings. The van der Waals surface area contributed by atoms with Crippen LogP contribution in [0, 0.1) is 5.92 Å². The van der Waals surface area contributed by atoms with E-state index < -0.39 is 6.09 Å². The molecule has 1 amide bonds. The van der Waals surface area contributed by atoms with Crippen molar-refractivity contribution >= 4 is 28.4 Å².